The molecule has 19 heavy (non-hydrogen) atoms. The minimum absolute atomic E-state index is 0.0620. The second-order valence-corrected chi connectivity index (χ2v) is 5.54. The van der Waals surface area contributed by atoms with Gasteiger partial charge in [0.05, 0.1) is 5.92 Å². The number of piperidine rings is 1. The van der Waals surface area contributed by atoms with Crippen molar-refractivity contribution in [1.29, 1.82) is 0 Å². The summed E-state index contributed by atoms with van der Waals surface area (Å²) in [6.07, 6.45) is 3.66. The molecule has 0 unspecified atom stereocenters. The van der Waals surface area contributed by atoms with E-state index in [0.29, 0.717) is 38.5 Å². The minimum Gasteiger partial charge on any atom is -0.481 e. The summed E-state index contributed by atoms with van der Waals surface area (Å²) in [5, 5.41) is 11.8. The Kier molecular flexibility index (Phi) is 4.63. The highest BCUT2D eigenvalue weighted by atomic mass is 16.4. The number of nitrogens with one attached hydrogen (secondary N) is 1. The van der Waals surface area contributed by atoms with Crippen molar-refractivity contribution in [3.8, 4) is 0 Å². The number of urea groups is 1. The molecular weight excluding hydrogens is 246 g/mol. The zero-order valence-electron chi connectivity index (χ0n) is 11.5. The van der Waals surface area contributed by atoms with Gasteiger partial charge in [0.25, 0.3) is 0 Å². The number of carboxylic acids is 1. The first-order valence-electron chi connectivity index (χ1n) is 7.03. The Morgan fingerprint density at radius 2 is 1.89 bits per heavy atom. The summed E-state index contributed by atoms with van der Waals surface area (Å²) in [5.41, 5.74) is 0. The van der Waals surface area contributed by atoms with Gasteiger partial charge in [-0.15, -0.1) is 0 Å². The fraction of sp³-hybridized carbons (Fsp3) is 0.846. The third-order valence-corrected chi connectivity index (χ3v) is 4.04. The quantitative estimate of drug-likeness (QED) is 0.766. The SMILES string of the molecule is CN(CCNC(=O)N1CCC(C(=O)O)CC1)C1CC1. The number of carbonyl (C=O) groups excluding carboxylic acids is 1. The van der Waals surface area contributed by atoms with Crippen molar-refractivity contribution < 1.29 is 14.7 Å². The maximum Gasteiger partial charge on any atom is 0.317 e. The van der Waals surface area contributed by atoms with Gasteiger partial charge in [0.15, 0.2) is 0 Å². The zero-order chi connectivity index (χ0) is 13.8. The largest absolute Gasteiger partial charge is 0.481 e. The van der Waals surface area contributed by atoms with Crippen LogP contribution in [0.5, 0.6) is 0 Å². The van der Waals surface area contributed by atoms with Crippen molar-refractivity contribution in [3.05, 3.63) is 0 Å². The molecule has 0 aromatic rings. The monoisotopic (exact) mass is 269 g/mol. The van der Waals surface area contributed by atoms with Crippen molar-refractivity contribution in [2.24, 2.45) is 5.92 Å². The van der Waals surface area contributed by atoms with E-state index >= 15 is 0 Å². The number of hydrogen-bond donors (Lipinski definition) is 2. The second kappa shape index (κ2) is 6.23. The molecule has 1 heterocycles. The first-order valence-corrected chi connectivity index (χ1v) is 7.03. The number of carbonyl (C=O) groups is 2. The van der Waals surface area contributed by atoms with Gasteiger partial charge in [0.1, 0.15) is 0 Å². The van der Waals surface area contributed by atoms with Crippen LogP contribution in [-0.4, -0.2) is 66.2 Å². The molecule has 0 aromatic heterocycles. The third-order valence-electron chi connectivity index (χ3n) is 4.04. The summed E-state index contributed by atoms with van der Waals surface area (Å²) < 4.78 is 0. The van der Waals surface area contributed by atoms with E-state index in [1.54, 1.807) is 4.90 Å². The third kappa shape index (κ3) is 4.09. The first kappa shape index (κ1) is 14.1. The molecule has 0 radical (unpaired) electrons. The molecule has 2 fully saturated rings. The van der Waals surface area contributed by atoms with E-state index in [9.17, 15) is 9.59 Å². The molecule has 6 heteroatoms. The smallest absolute Gasteiger partial charge is 0.317 e. The van der Waals surface area contributed by atoms with E-state index in [4.69, 9.17) is 5.11 Å². The Balaban J connectivity index is 1.62. The van der Waals surface area contributed by atoms with Crippen LogP contribution in [0.15, 0.2) is 0 Å². The summed E-state index contributed by atoms with van der Waals surface area (Å²) in [4.78, 5) is 26.7. The van der Waals surface area contributed by atoms with Crippen LogP contribution in [-0.2, 0) is 4.79 Å². The number of carboxylic acid groups (broad SMARTS) is 1. The van der Waals surface area contributed by atoms with Crippen molar-refractivity contribution >= 4 is 12.0 Å². The second-order valence-electron chi connectivity index (χ2n) is 5.54. The van der Waals surface area contributed by atoms with E-state index in [2.05, 4.69) is 17.3 Å². The molecule has 2 rings (SSSR count). The molecule has 0 aromatic carbocycles. The van der Waals surface area contributed by atoms with Crippen LogP contribution in [0.1, 0.15) is 25.7 Å². The Hall–Kier alpha value is -1.30. The van der Waals surface area contributed by atoms with E-state index in [0.717, 1.165) is 6.54 Å². The number of rotatable bonds is 5. The van der Waals surface area contributed by atoms with Gasteiger partial charge < -0.3 is 20.2 Å². The fourth-order valence-corrected chi connectivity index (χ4v) is 2.48. The molecule has 1 saturated heterocycles. The topological polar surface area (TPSA) is 72.9 Å². The van der Waals surface area contributed by atoms with Crippen LogP contribution < -0.4 is 5.32 Å². The molecule has 6 nitrogen and oxygen atoms in total. The maximum absolute atomic E-state index is 11.9. The van der Waals surface area contributed by atoms with Gasteiger partial charge in [-0.1, -0.05) is 0 Å². The number of aliphatic carboxylic acids is 1. The molecule has 2 aliphatic rings. The van der Waals surface area contributed by atoms with Gasteiger partial charge >= 0.3 is 12.0 Å². The van der Waals surface area contributed by atoms with E-state index < -0.39 is 5.97 Å². The molecule has 108 valence electrons. The number of likely N-dealkylation sites (tertiary alicyclic amines) is 1. The van der Waals surface area contributed by atoms with Gasteiger partial charge in [-0.2, -0.15) is 0 Å². The lowest BCUT2D eigenvalue weighted by molar-refractivity contribution is -0.143. The van der Waals surface area contributed by atoms with E-state index in [1.165, 1.54) is 12.8 Å². The highest BCUT2D eigenvalue weighted by Gasteiger charge is 2.27. The van der Waals surface area contributed by atoms with Crippen LogP contribution in [0.2, 0.25) is 0 Å². The van der Waals surface area contributed by atoms with Crippen molar-refractivity contribution in [3.63, 3.8) is 0 Å². The summed E-state index contributed by atoms with van der Waals surface area (Å²) in [6.45, 7) is 2.62. The van der Waals surface area contributed by atoms with Crippen LogP contribution in [0.25, 0.3) is 0 Å². The van der Waals surface area contributed by atoms with E-state index in [-0.39, 0.29) is 11.9 Å². The molecule has 1 aliphatic carbocycles. The summed E-state index contributed by atoms with van der Waals surface area (Å²) in [6, 6.07) is 0.649. The van der Waals surface area contributed by atoms with Gasteiger partial charge in [0, 0.05) is 32.2 Å². The van der Waals surface area contributed by atoms with Crippen molar-refractivity contribution in [2.45, 2.75) is 31.7 Å². The normalized spacial score (nSPS) is 20.6. The number of likely N-dealkylation sites (N-methyl/N-ethyl adjacent to an activating group) is 1. The fourth-order valence-electron chi connectivity index (χ4n) is 2.48. The summed E-state index contributed by atoms with van der Waals surface area (Å²) in [5.74, 6) is -1.03. The minimum atomic E-state index is -0.744. The lowest BCUT2D eigenvalue weighted by Crippen LogP contribution is -2.47. The predicted octanol–water partition coefficient (Wildman–Crippen LogP) is 0.587. The molecule has 0 bridgehead atoms. The molecule has 0 spiro atoms. The molecule has 1 saturated carbocycles. The Bertz CT molecular complexity index is 336. The van der Waals surface area contributed by atoms with Gasteiger partial charge in [0.2, 0.25) is 0 Å². The molecular formula is C13H23N3O3. The number of hydrogen-bond acceptors (Lipinski definition) is 3. The molecule has 2 N–H and O–H groups in total. The Morgan fingerprint density at radius 3 is 2.42 bits per heavy atom. The summed E-state index contributed by atoms with van der Waals surface area (Å²) >= 11 is 0. The van der Waals surface area contributed by atoms with Gasteiger partial charge in [-0.05, 0) is 32.7 Å². The van der Waals surface area contributed by atoms with Gasteiger partial charge in [-0.3, -0.25) is 4.79 Å². The average Bonchev–Trinajstić information content (AvgIpc) is 3.23. The molecule has 0 atom stereocenters. The van der Waals surface area contributed by atoms with Gasteiger partial charge in [-0.25, -0.2) is 4.79 Å². The Labute approximate surface area is 113 Å². The van der Waals surface area contributed by atoms with Crippen LogP contribution in [0, 0.1) is 5.92 Å². The van der Waals surface area contributed by atoms with Crippen LogP contribution in [0.4, 0.5) is 4.79 Å². The first-order chi connectivity index (χ1) is 9.08. The van der Waals surface area contributed by atoms with E-state index in [1.807, 2.05) is 0 Å². The van der Waals surface area contributed by atoms with Crippen LogP contribution in [0.3, 0.4) is 0 Å². The number of amides is 2. The zero-order valence-corrected chi connectivity index (χ0v) is 11.5. The molecule has 2 amide bonds. The lowest BCUT2D eigenvalue weighted by Gasteiger charge is -2.30. The lowest BCUT2D eigenvalue weighted by atomic mass is 9.97. The maximum atomic E-state index is 11.9. The number of nitrogens with zero attached hydrogens (tertiary/aromatic N) is 2. The molecule has 1 aliphatic heterocycles. The predicted molar refractivity (Wildman–Crippen MR) is 71.0 cm³/mol. The average molecular weight is 269 g/mol. The summed E-state index contributed by atoms with van der Waals surface area (Å²) in [7, 11) is 2.09. The van der Waals surface area contributed by atoms with Crippen LogP contribution >= 0.6 is 0 Å². The van der Waals surface area contributed by atoms with Crippen molar-refractivity contribution in [1.82, 2.24) is 15.1 Å². The highest BCUT2D eigenvalue weighted by molar-refractivity contribution is 5.75. The Morgan fingerprint density at radius 1 is 1.26 bits per heavy atom. The highest BCUT2D eigenvalue weighted by Crippen LogP contribution is 2.24. The van der Waals surface area contributed by atoms with Crippen molar-refractivity contribution in [2.75, 3.05) is 33.2 Å². The standard InChI is InChI=1S/C13H23N3O3/c1-15(11-2-3-11)9-6-14-13(19)16-7-4-10(5-8-16)12(17)18/h10-11H,2-9H2,1H3,(H,14,19)(H,17,18).